The van der Waals surface area contributed by atoms with Gasteiger partial charge in [-0.25, -0.2) is 0 Å². The van der Waals surface area contributed by atoms with E-state index in [0.717, 1.165) is 12.8 Å². The van der Waals surface area contributed by atoms with Gasteiger partial charge in [0, 0.05) is 0 Å². The highest BCUT2D eigenvalue weighted by molar-refractivity contribution is 6.04. The molecule has 0 aromatic heterocycles. The van der Waals surface area contributed by atoms with Crippen molar-refractivity contribution in [2.24, 2.45) is 10.8 Å². The van der Waals surface area contributed by atoms with Crippen LogP contribution >= 0.6 is 0 Å². The van der Waals surface area contributed by atoms with Crippen molar-refractivity contribution in [3.05, 3.63) is 0 Å². The quantitative estimate of drug-likeness (QED) is 0.517. The molecule has 0 aromatic carbocycles. The molecule has 3 heteroatoms. The lowest BCUT2D eigenvalue weighted by molar-refractivity contribution is -0.174. The van der Waals surface area contributed by atoms with E-state index >= 15 is 0 Å². The van der Waals surface area contributed by atoms with Gasteiger partial charge in [-0.05, 0) is 38.0 Å². The Hall–Kier alpha value is -0.860. The van der Waals surface area contributed by atoms with Crippen molar-refractivity contribution in [2.45, 2.75) is 45.4 Å². The number of ketones is 1. The Kier molecular flexibility index (Phi) is 2.36. The van der Waals surface area contributed by atoms with Crippen LogP contribution < -0.4 is 0 Å². The van der Waals surface area contributed by atoms with Crippen LogP contribution in [0.4, 0.5) is 0 Å². The third kappa shape index (κ3) is 1.40. The van der Waals surface area contributed by atoms with Crippen LogP contribution in [0.25, 0.3) is 0 Å². The fourth-order valence-corrected chi connectivity index (χ4v) is 3.44. The van der Waals surface area contributed by atoms with Crippen LogP contribution in [0.1, 0.15) is 45.4 Å². The Morgan fingerprint density at radius 1 is 1.13 bits per heavy atom. The maximum Gasteiger partial charge on any atom is 0.319 e. The first kappa shape index (κ1) is 10.7. The number of hydrogen-bond donors (Lipinski definition) is 0. The molecule has 0 saturated heterocycles. The van der Waals surface area contributed by atoms with Gasteiger partial charge in [-0.1, -0.05) is 12.8 Å². The van der Waals surface area contributed by atoms with Crippen LogP contribution in [0.2, 0.25) is 0 Å². The molecule has 0 amide bonds. The van der Waals surface area contributed by atoms with Crippen molar-refractivity contribution >= 4 is 11.8 Å². The van der Waals surface area contributed by atoms with Gasteiger partial charge in [0.15, 0.2) is 0 Å². The molecule has 2 saturated carbocycles. The van der Waals surface area contributed by atoms with E-state index in [-0.39, 0.29) is 11.8 Å². The smallest absolute Gasteiger partial charge is 0.319 e. The van der Waals surface area contributed by atoms with Crippen molar-refractivity contribution in [2.75, 3.05) is 7.11 Å². The number of esters is 1. The van der Waals surface area contributed by atoms with E-state index < -0.39 is 5.41 Å². The summed E-state index contributed by atoms with van der Waals surface area (Å²) in [5.41, 5.74) is -0.501. The molecule has 2 aliphatic rings. The minimum Gasteiger partial charge on any atom is -0.468 e. The lowest BCUT2D eigenvalue weighted by atomic mass is 9.50. The third-order valence-corrected chi connectivity index (χ3v) is 4.27. The van der Waals surface area contributed by atoms with E-state index in [1.54, 1.807) is 0 Å². The molecule has 15 heavy (non-hydrogen) atoms. The van der Waals surface area contributed by atoms with Crippen molar-refractivity contribution in [1.82, 2.24) is 0 Å². The highest BCUT2D eigenvalue weighted by atomic mass is 16.5. The van der Waals surface area contributed by atoms with Gasteiger partial charge in [0.05, 0.1) is 7.11 Å². The van der Waals surface area contributed by atoms with E-state index in [9.17, 15) is 9.59 Å². The fraction of sp³-hybridized carbons (Fsp3) is 0.833. The highest BCUT2D eigenvalue weighted by Gasteiger charge is 2.62. The molecule has 0 unspecified atom stereocenters. The topological polar surface area (TPSA) is 43.4 Å². The van der Waals surface area contributed by atoms with E-state index in [1.165, 1.54) is 39.7 Å². The lowest BCUT2D eigenvalue weighted by Crippen LogP contribution is -2.54. The van der Waals surface area contributed by atoms with Crippen LogP contribution in [-0.4, -0.2) is 18.9 Å². The molecule has 0 radical (unpaired) electrons. The van der Waals surface area contributed by atoms with Gasteiger partial charge in [0.1, 0.15) is 11.2 Å². The summed E-state index contributed by atoms with van der Waals surface area (Å²) in [6.07, 6.45) is 6.30. The molecule has 0 aromatic rings. The second-order valence-corrected chi connectivity index (χ2v) is 5.19. The summed E-state index contributed by atoms with van der Waals surface area (Å²) in [5.74, 6) is -0.348. The summed E-state index contributed by atoms with van der Waals surface area (Å²) < 4.78 is 4.76. The zero-order valence-electron chi connectivity index (χ0n) is 9.47. The number of carbonyl (C=O) groups is 2. The zero-order valence-corrected chi connectivity index (χ0v) is 9.47. The Balaban J connectivity index is 2.14. The maximum absolute atomic E-state index is 11.7. The van der Waals surface area contributed by atoms with E-state index in [1.807, 2.05) is 0 Å². The second-order valence-electron chi connectivity index (χ2n) is 5.19. The van der Waals surface area contributed by atoms with Gasteiger partial charge in [-0.15, -0.1) is 0 Å². The van der Waals surface area contributed by atoms with Crippen molar-refractivity contribution in [3.63, 3.8) is 0 Å². The van der Waals surface area contributed by atoms with E-state index in [2.05, 4.69) is 0 Å². The molecule has 2 aliphatic carbocycles. The predicted molar refractivity (Wildman–Crippen MR) is 55.3 cm³/mol. The van der Waals surface area contributed by atoms with E-state index in [4.69, 9.17) is 4.74 Å². The molecule has 0 N–H and O–H groups in total. The molecule has 0 heterocycles. The highest BCUT2D eigenvalue weighted by Crippen LogP contribution is 2.62. The molecule has 0 aliphatic heterocycles. The summed E-state index contributed by atoms with van der Waals surface area (Å²) in [4.78, 5) is 23.2. The minimum atomic E-state index is -0.793. The van der Waals surface area contributed by atoms with Crippen LogP contribution in [0.5, 0.6) is 0 Å². The van der Waals surface area contributed by atoms with Crippen LogP contribution in [0.3, 0.4) is 0 Å². The Bertz CT molecular complexity index is 292. The molecular weight excluding hydrogens is 192 g/mol. The Morgan fingerprint density at radius 2 is 1.67 bits per heavy atom. The summed E-state index contributed by atoms with van der Waals surface area (Å²) >= 11 is 0. The van der Waals surface area contributed by atoms with Gasteiger partial charge in [0.2, 0.25) is 0 Å². The molecule has 2 fully saturated rings. The lowest BCUT2D eigenvalue weighted by Gasteiger charge is -2.51. The largest absolute Gasteiger partial charge is 0.468 e. The Labute approximate surface area is 90.2 Å². The molecule has 2 rings (SSSR count). The standard InChI is InChI=1S/C12H18O3/c1-9(13)12(10(14)15-2)7-11(8-12)5-3-4-6-11/h3-8H2,1-2H3. The summed E-state index contributed by atoms with van der Waals surface area (Å²) in [6.45, 7) is 1.51. The van der Waals surface area contributed by atoms with Gasteiger partial charge in [-0.2, -0.15) is 0 Å². The Morgan fingerprint density at radius 3 is 2.07 bits per heavy atom. The average molecular weight is 210 g/mol. The van der Waals surface area contributed by atoms with Crippen molar-refractivity contribution < 1.29 is 14.3 Å². The van der Waals surface area contributed by atoms with Crippen LogP contribution in [-0.2, 0) is 14.3 Å². The summed E-state index contributed by atoms with van der Waals surface area (Å²) in [5, 5.41) is 0. The number of methoxy groups -OCH3 is 1. The second kappa shape index (κ2) is 3.32. The van der Waals surface area contributed by atoms with Gasteiger partial charge >= 0.3 is 5.97 Å². The summed E-state index contributed by atoms with van der Waals surface area (Å²) in [7, 11) is 1.37. The van der Waals surface area contributed by atoms with Crippen LogP contribution in [0.15, 0.2) is 0 Å². The molecule has 84 valence electrons. The van der Waals surface area contributed by atoms with Crippen LogP contribution in [0, 0.1) is 10.8 Å². The molecule has 3 nitrogen and oxygen atoms in total. The van der Waals surface area contributed by atoms with Gasteiger partial charge < -0.3 is 4.74 Å². The first-order chi connectivity index (χ1) is 7.05. The minimum absolute atomic E-state index is 0.0214. The monoisotopic (exact) mass is 210 g/mol. The molecule has 0 bridgehead atoms. The summed E-state index contributed by atoms with van der Waals surface area (Å²) in [6, 6.07) is 0. The molecular formula is C12H18O3. The van der Waals surface area contributed by atoms with Gasteiger partial charge in [0.25, 0.3) is 0 Å². The fourth-order valence-electron chi connectivity index (χ4n) is 3.44. The number of Topliss-reactive ketones (excluding diaryl/α,β-unsaturated/α-hetero) is 1. The number of rotatable bonds is 2. The number of ether oxygens (including phenoxy) is 1. The number of carbonyl (C=O) groups excluding carboxylic acids is 2. The first-order valence-electron chi connectivity index (χ1n) is 5.64. The predicted octanol–water partition coefficient (Wildman–Crippen LogP) is 2.09. The maximum atomic E-state index is 11.7. The third-order valence-electron chi connectivity index (χ3n) is 4.27. The van der Waals surface area contributed by atoms with Gasteiger partial charge in [-0.3, -0.25) is 9.59 Å². The molecule has 1 spiro atoms. The van der Waals surface area contributed by atoms with Crippen molar-refractivity contribution in [3.8, 4) is 0 Å². The first-order valence-corrected chi connectivity index (χ1v) is 5.64. The average Bonchev–Trinajstić information content (AvgIpc) is 2.61. The molecule has 0 atom stereocenters. The normalized spacial score (nSPS) is 26.0. The van der Waals surface area contributed by atoms with E-state index in [0.29, 0.717) is 5.41 Å². The SMILES string of the molecule is COC(=O)C1(C(C)=O)CC2(CCCC2)C1. The zero-order chi connectivity index (χ0) is 11.1. The number of hydrogen-bond acceptors (Lipinski definition) is 3. The van der Waals surface area contributed by atoms with Crippen molar-refractivity contribution in [1.29, 1.82) is 0 Å².